The van der Waals surface area contributed by atoms with Crippen LogP contribution in [0.25, 0.3) is 0 Å². The number of hydrogen-bond acceptors (Lipinski definition) is 2. The minimum absolute atomic E-state index is 0.0894. The van der Waals surface area contributed by atoms with Crippen molar-refractivity contribution in [1.29, 1.82) is 0 Å². The Morgan fingerprint density at radius 3 is 2.93 bits per heavy atom. The zero-order valence-corrected chi connectivity index (χ0v) is 8.71. The Hall–Kier alpha value is -1.02. The van der Waals surface area contributed by atoms with Crippen LogP contribution in [-0.4, -0.2) is 17.3 Å². The Balaban J connectivity index is 2.36. The molecule has 0 saturated carbocycles. The van der Waals surface area contributed by atoms with E-state index in [9.17, 15) is 0 Å². The normalized spacial score (nSPS) is 17.6. The van der Waals surface area contributed by atoms with E-state index in [1.54, 1.807) is 0 Å². The summed E-state index contributed by atoms with van der Waals surface area (Å²) in [6.45, 7) is 4.37. The molecule has 1 aliphatic heterocycles. The number of aliphatic hydroxyl groups is 1. The van der Waals surface area contributed by atoms with Gasteiger partial charge in [-0.25, -0.2) is 0 Å². The van der Waals surface area contributed by atoms with E-state index in [0.717, 1.165) is 17.7 Å². The van der Waals surface area contributed by atoms with Gasteiger partial charge < -0.3 is 9.84 Å². The number of fused-ring (bicyclic) bond motifs is 1. The summed E-state index contributed by atoms with van der Waals surface area (Å²) in [5.41, 5.74) is 2.30. The fourth-order valence-corrected chi connectivity index (χ4v) is 2.00. The van der Waals surface area contributed by atoms with Crippen molar-refractivity contribution < 1.29 is 9.84 Å². The van der Waals surface area contributed by atoms with E-state index in [2.05, 4.69) is 19.9 Å². The molecule has 2 rings (SSSR count). The highest BCUT2D eigenvalue weighted by molar-refractivity contribution is 5.45. The van der Waals surface area contributed by atoms with Gasteiger partial charge in [-0.05, 0) is 31.4 Å². The van der Waals surface area contributed by atoms with Crippen LogP contribution in [0, 0.1) is 0 Å². The lowest BCUT2D eigenvalue weighted by atomic mass is 10.00. The second-order valence-electron chi connectivity index (χ2n) is 4.42. The lowest BCUT2D eigenvalue weighted by Gasteiger charge is -2.18. The Labute approximate surface area is 84.5 Å². The van der Waals surface area contributed by atoms with Gasteiger partial charge in [-0.3, -0.25) is 0 Å². The number of para-hydroxylation sites is 1. The molecule has 0 radical (unpaired) electrons. The van der Waals surface area contributed by atoms with E-state index in [0.29, 0.717) is 6.42 Å². The Bertz CT molecular complexity index is 342. The summed E-state index contributed by atoms with van der Waals surface area (Å²) in [7, 11) is 0. The largest absolute Gasteiger partial charge is 0.487 e. The van der Waals surface area contributed by atoms with Gasteiger partial charge in [0.2, 0.25) is 0 Å². The molecular weight excluding hydrogens is 176 g/mol. The van der Waals surface area contributed by atoms with Gasteiger partial charge in [-0.1, -0.05) is 18.2 Å². The quantitative estimate of drug-likeness (QED) is 0.776. The summed E-state index contributed by atoms with van der Waals surface area (Å²) >= 11 is 0. The molecule has 0 fully saturated rings. The number of ether oxygens (including phenoxy) is 1. The SMILES string of the molecule is CC1(C)Cc2cccc(CCO)c2O1. The first-order valence-electron chi connectivity index (χ1n) is 5.03. The minimum Gasteiger partial charge on any atom is -0.487 e. The molecule has 0 atom stereocenters. The van der Waals surface area contributed by atoms with Crippen LogP contribution >= 0.6 is 0 Å². The molecule has 1 N–H and O–H groups in total. The van der Waals surface area contributed by atoms with Crippen LogP contribution in [0.15, 0.2) is 18.2 Å². The zero-order chi connectivity index (χ0) is 10.2. The fourth-order valence-electron chi connectivity index (χ4n) is 2.00. The maximum absolute atomic E-state index is 8.93. The van der Waals surface area contributed by atoms with E-state index in [-0.39, 0.29) is 12.2 Å². The number of hydrogen-bond donors (Lipinski definition) is 1. The first kappa shape index (κ1) is 9.53. The van der Waals surface area contributed by atoms with Crippen LogP contribution < -0.4 is 4.74 Å². The fraction of sp³-hybridized carbons (Fsp3) is 0.500. The van der Waals surface area contributed by atoms with Crippen molar-refractivity contribution in [2.75, 3.05) is 6.61 Å². The molecule has 14 heavy (non-hydrogen) atoms. The third-order valence-corrected chi connectivity index (χ3v) is 2.55. The Kier molecular flexibility index (Phi) is 2.23. The van der Waals surface area contributed by atoms with Crippen LogP contribution in [0.4, 0.5) is 0 Å². The molecule has 1 heterocycles. The van der Waals surface area contributed by atoms with Crippen LogP contribution in [0.3, 0.4) is 0 Å². The molecule has 1 aromatic carbocycles. The predicted molar refractivity (Wildman–Crippen MR) is 55.6 cm³/mol. The van der Waals surface area contributed by atoms with Gasteiger partial charge in [-0.2, -0.15) is 0 Å². The van der Waals surface area contributed by atoms with Gasteiger partial charge in [0.05, 0.1) is 0 Å². The van der Waals surface area contributed by atoms with Gasteiger partial charge in [0.1, 0.15) is 11.4 Å². The van der Waals surface area contributed by atoms with Gasteiger partial charge in [-0.15, -0.1) is 0 Å². The summed E-state index contributed by atoms with van der Waals surface area (Å²) in [6.07, 6.45) is 1.64. The summed E-state index contributed by atoms with van der Waals surface area (Å²) in [5, 5.41) is 8.93. The van der Waals surface area contributed by atoms with Gasteiger partial charge >= 0.3 is 0 Å². The van der Waals surface area contributed by atoms with Crippen molar-refractivity contribution in [3.8, 4) is 5.75 Å². The summed E-state index contributed by atoms with van der Waals surface area (Å²) in [5.74, 6) is 0.992. The van der Waals surface area contributed by atoms with E-state index < -0.39 is 0 Å². The maximum Gasteiger partial charge on any atom is 0.126 e. The molecule has 0 aliphatic carbocycles. The Morgan fingerprint density at radius 1 is 1.43 bits per heavy atom. The molecule has 0 aromatic heterocycles. The summed E-state index contributed by atoms with van der Waals surface area (Å²) < 4.78 is 5.87. The molecule has 0 amide bonds. The molecule has 76 valence electrons. The molecule has 0 spiro atoms. The molecular formula is C12H16O2. The highest BCUT2D eigenvalue weighted by atomic mass is 16.5. The van der Waals surface area contributed by atoms with Crippen LogP contribution in [0.1, 0.15) is 25.0 Å². The zero-order valence-electron chi connectivity index (χ0n) is 8.71. The van der Waals surface area contributed by atoms with Crippen LogP contribution in [-0.2, 0) is 12.8 Å². The van der Waals surface area contributed by atoms with Crippen LogP contribution in [0.2, 0.25) is 0 Å². The van der Waals surface area contributed by atoms with Gasteiger partial charge in [0.25, 0.3) is 0 Å². The van der Waals surface area contributed by atoms with Crippen molar-refractivity contribution in [2.45, 2.75) is 32.3 Å². The van der Waals surface area contributed by atoms with Crippen molar-refractivity contribution in [3.63, 3.8) is 0 Å². The molecule has 2 nitrogen and oxygen atoms in total. The third-order valence-electron chi connectivity index (χ3n) is 2.55. The van der Waals surface area contributed by atoms with E-state index in [1.165, 1.54) is 5.56 Å². The second kappa shape index (κ2) is 3.28. The van der Waals surface area contributed by atoms with Crippen molar-refractivity contribution in [2.24, 2.45) is 0 Å². The van der Waals surface area contributed by atoms with E-state index in [1.807, 2.05) is 12.1 Å². The molecule has 0 saturated heterocycles. The first-order valence-corrected chi connectivity index (χ1v) is 5.03. The smallest absolute Gasteiger partial charge is 0.126 e. The van der Waals surface area contributed by atoms with E-state index >= 15 is 0 Å². The van der Waals surface area contributed by atoms with Crippen molar-refractivity contribution in [3.05, 3.63) is 29.3 Å². The average molecular weight is 192 g/mol. The average Bonchev–Trinajstić information content (AvgIpc) is 2.41. The van der Waals surface area contributed by atoms with E-state index in [4.69, 9.17) is 9.84 Å². The van der Waals surface area contributed by atoms with Crippen molar-refractivity contribution in [1.82, 2.24) is 0 Å². The number of benzene rings is 1. The second-order valence-corrected chi connectivity index (χ2v) is 4.42. The Morgan fingerprint density at radius 2 is 2.21 bits per heavy atom. The highest BCUT2D eigenvalue weighted by Crippen LogP contribution is 2.37. The van der Waals surface area contributed by atoms with Crippen molar-refractivity contribution >= 4 is 0 Å². The van der Waals surface area contributed by atoms with Crippen LogP contribution in [0.5, 0.6) is 5.75 Å². The molecule has 0 unspecified atom stereocenters. The number of rotatable bonds is 2. The van der Waals surface area contributed by atoms with Gasteiger partial charge in [0, 0.05) is 13.0 Å². The predicted octanol–water partition coefficient (Wildman–Crippen LogP) is 1.93. The number of aliphatic hydroxyl groups excluding tert-OH is 1. The first-order chi connectivity index (χ1) is 6.62. The molecule has 0 bridgehead atoms. The third kappa shape index (κ3) is 1.62. The monoisotopic (exact) mass is 192 g/mol. The molecule has 2 heteroatoms. The lowest BCUT2D eigenvalue weighted by Crippen LogP contribution is -2.24. The topological polar surface area (TPSA) is 29.5 Å². The highest BCUT2D eigenvalue weighted by Gasteiger charge is 2.31. The lowest BCUT2D eigenvalue weighted by molar-refractivity contribution is 0.136. The maximum atomic E-state index is 8.93. The summed E-state index contributed by atoms with van der Waals surface area (Å²) in [4.78, 5) is 0. The van der Waals surface area contributed by atoms with Gasteiger partial charge in [0.15, 0.2) is 0 Å². The standard InChI is InChI=1S/C12H16O2/c1-12(2)8-10-5-3-4-9(6-7-13)11(10)14-12/h3-5,13H,6-8H2,1-2H3. The minimum atomic E-state index is -0.0894. The summed E-state index contributed by atoms with van der Waals surface area (Å²) in [6, 6.07) is 6.16. The molecule has 1 aliphatic rings. The molecule has 1 aromatic rings.